The molecule has 0 bridgehead atoms. The topological polar surface area (TPSA) is 20.3 Å². The van der Waals surface area contributed by atoms with Crippen molar-refractivity contribution in [3.63, 3.8) is 0 Å². The summed E-state index contributed by atoms with van der Waals surface area (Å²) in [6.45, 7) is 11.8. The maximum absolute atomic E-state index is 12.5. The molecule has 0 aliphatic carbocycles. The molecule has 1 saturated heterocycles. The Labute approximate surface area is 123 Å². The number of ketones is 1. The van der Waals surface area contributed by atoms with Crippen LogP contribution in [0.4, 0.5) is 0 Å². The number of benzene rings is 1. The summed E-state index contributed by atoms with van der Waals surface area (Å²) in [6, 6.07) is 8.17. The molecule has 1 heterocycles. The fourth-order valence-corrected chi connectivity index (χ4v) is 2.85. The van der Waals surface area contributed by atoms with Crippen LogP contribution in [0.2, 0.25) is 0 Å². The lowest BCUT2D eigenvalue weighted by Gasteiger charge is -2.21. The van der Waals surface area contributed by atoms with E-state index in [1.807, 2.05) is 12.1 Å². The number of carbonyl (C=O) groups excluding carboxylic acids is 1. The second kappa shape index (κ2) is 6.09. The van der Waals surface area contributed by atoms with Crippen LogP contribution in [0.25, 0.3) is 0 Å². The largest absolute Gasteiger partial charge is 0.303 e. The molecule has 0 radical (unpaired) electrons. The van der Waals surface area contributed by atoms with E-state index in [9.17, 15) is 4.79 Å². The van der Waals surface area contributed by atoms with Gasteiger partial charge in [0.1, 0.15) is 0 Å². The van der Waals surface area contributed by atoms with Gasteiger partial charge in [0.15, 0.2) is 5.78 Å². The molecular formula is C18H27NO. The van der Waals surface area contributed by atoms with Crippen molar-refractivity contribution in [2.24, 2.45) is 5.92 Å². The third-order valence-corrected chi connectivity index (χ3v) is 4.21. The van der Waals surface area contributed by atoms with Gasteiger partial charge in [-0.25, -0.2) is 0 Å². The Balaban J connectivity index is 2.01. The van der Waals surface area contributed by atoms with E-state index >= 15 is 0 Å². The first-order valence-corrected chi connectivity index (χ1v) is 7.75. The van der Waals surface area contributed by atoms with E-state index in [0.717, 1.165) is 25.2 Å². The maximum atomic E-state index is 12.5. The third-order valence-electron chi connectivity index (χ3n) is 4.21. The molecule has 0 aromatic heterocycles. The number of hydrogen-bond acceptors (Lipinski definition) is 2. The molecular weight excluding hydrogens is 246 g/mol. The van der Waals surface area contributed by atoms with Crippen molar-refractivity contribution >= 4 is 5.78 Å². The van der Waals surface area contributed by atoms with Crippen LogP contribution >= 0.6 is 0 Å². The van der Waals surface area contributed by atoms with E-state index in [1.165, 1.54) is 18.4 Å². The Kier molecular flexibility index (Phi) is 4.64. The fraction of sp³-hybridized carbons (Fsp3) is 0.611. The minimum absolute atomic E-state index is 0.0913. The van der Waals surface area contributed by atoms with Crippen molar-refractivity contribution in [3.8, 4) is 0 Å². The van der Waals surface area contributed by atoms with Crippen LogP contribution in [0, 0.1) is 5.92 Å². The zero-order chi connectivity index (χ0) is 14.8. The summed E-state index contributed by atoms with van der Waals surface area (Å²) in [6.07, 6.45) is 2.56. The molecule has 1 fully saturated rings. The molecule has 1 aliphatic rings. The zero-order valence-electron chi connectivity index (χ0n) is 13.3. The number of likely N-dealkylation sites (tertiary alicyclic amines) is 1. The fourth-order valence-electron chi connectivity index (χ4n) is 2.85. The third kappa shape index (κ3) is 3.69. The summed E-state index contributed by atoms with van der Waals surface area (Å²) in [5, 5.41) is 0. The SMILES string of the molecule is CC(CN1CCCC1)C(=O)c1ccc(C(C)(C)C)cc1. The van der Waals surface area contributed by atoms with Gasteiger partial charge < -0.3 is 4.90 Å². The van der Waals surface area contributed by atoms with Gasteiger partial charge in [-0.05, 0) is 36.9 Å². The highest BCUT2D eigenvalue weighted by Crippen LogP contribution is 2.23. The molecule has 110 valence electrons. The average Bonchev–Trinajstić information content (AvgIpc) is 2.90. The molecule has 20 heavy (non-hydrogen) atoms. The number of hydrogen-bond donors (Lipinski definition) is 0. The Morgan fingerprint density at radius 3 is 2.20 bits per heavy atom. The highest BCUT2D eigenvalue weighted by atomic mass is 16.1. The van der Waals surface area contributed by atoms with E-state index in [-0.39, 0.29) is 17.1 Å². The van der Waals surface area contributed by atoms with E-state index in [0.29, 0.717) is 0 Å². The predicted molar refractivity (Wildman–Crippen MR) is 84.3 cm³/mol. The molecule has 1 atom stereocenters. The summed E-state index contributed by atoms with van der Waals surface area (Å²) in [5.74, 6) is 0.367. The second-order valence-corrected chi connectivity index (χ2v) is 7.10. The van der Waals surface area contributed by atoms with Gasteiger partial charge in [0.05, 0.1) is 0 Å². The van der Waals surface area contributed by atoms with E-state index in [4.69, 9.17) is 0 Å². The van der Waals surface area contributed by atoms with Crippen molar-refractivity contribution in [2.45, 2.75) is 46.0 Å². The summed E-state index contributed by atoms with van der Waals surface area (Å²) < 4.78 is 0. The first-order valence-electron chi connectivity index (χ1n) is 7.75. The van der Waals surface area contributed by atoms with Gasteiger partial charge in [0.25, 0.3) is 0 Å². The van der Waals surface area contributed by atoms with Gasteiger partial charge in [-0.15, -0.1) is 0 Å². The Hall–Kier alpha value is -1.15. The van der Waals surface area contributed by atoms with Crippen LogP contribution in [0.1, 0.15) is 56.5 Å². The number of Topliss-reactive ketones (excluding diaryl/α,β-unsaturated/α-hetero) is 1. The standard InChI is InChI=1S/C18H27NO/c1-14(13-19-11-5-6-12-19)17(20)15-7-9-16(10-8-15)18(2,3)4/h7-10,14H,5-6,11-13H2,1-4H3. The van der Waals surface area contributed by atoms with Gasteiger partial charge in [-0.2, -0.15) is 0 Å². The quantitative estimate of drug-likeness (QED) is 0.775. The minimum atomic E-state index is 0.0913. The molecule has 1 aromatic carbocycles. The summed E-state index contributed by atoms with van der Waals surface area (Å²) >= 11 is 0. The van der Waals surface area contributed by atoms with Crippen molar-refractivity contribution in [1.82, 2.24) is 4.90 Å². The minimum Gasteiger partial charge on any atom is -0.303 e. The highest BCUT2D eigenvalue weighted by molar-refractivity contribution is 5.97. The van der Waals surface area contributed by atoms with Gasteiger partial charge >= 0.3 is 0 Å². The van der Waals surface area contributed by atoms with Gasteiger partial charge in [-0.1, -0.05) is 52.0 Å². The molecule has 2 nitrogen and oxygen atoms in total. The Bertz CT molecular complexity index is 449. The second-order valence-electron chi connectivity index (χ2n) is 7.10. The molecule has 0 saturated carbocycles. The van der Waals surface area contributed by atoms with Crippen LogP contribution in [0.5, 0.6) is 0 Å². The molecule has 0 N–H and O–H groups in total. The number of nitrogens with zero attached hydrogens (tertiary/aromatic N) is 1. The summed E-state index contributed by atoms with van der Waals surface area (Å²) in [4.78, 5) is 14.9. The van der Waals surface area contributed by atoms with Crippen LogP contribution in [-0.2, 0) is 5.41 Å². The summed E-state index contributed by atoms with van der Waals surface area (Å²) in [7, 11) is 0. The normalized spacial score (nSPS) is 18.2. The van der Waals surface area contributed by atoms with Crippen LogP contribution in [0.3, 0.4) is 0 Å². The lowest BCUT2D eigenvalue weighted by Crippen LogP contribution is -2.29. The first-order chi connectivity index (χ1) is 9.38. The Morgan fingerprint density at radius 2 is 1.70 bits per heavy atom. The number of rotatable bonds is 4. The van der Waals surface area contributed by atoms with Gasteiger partial charge in [0.2, 0.25) is 0 Å². The monoisotopic (exact) mass is 273 g/mol. The van der Waals surface area contributed by atoms with Crippen molar-refractivity contribution in [2.75, 3.05) is 19.6 Å². The molecule has 0 spiro atoms. The van der Waals surface area contributed by atoms with Crippen LogP contribution in [0.15, 0.2) is 24.3 Å². The lowest BCUT2D eigenvalue weighted by molar-refractivity contribution is 0.0903. The predicted octanol–water partition coefficient (Wildman–Crippen LogP) is 3.90. The van der Waals surface area contributed by atoms with Crippen molar-refractivity contribution < 1.29 is 4.79 Å². The molecule has 1 aromatic rings. The van der Waals surface area contributed by atoms with E-state index in [1.54, 1.807) is 0 Å². The lowest BCUT2D eigenvalue weighted by atomic mass is 9.86. The highest BCUT2D eigenvalue weighted by Gasteiger charge is 2.21. The Morgan fingerprint density at radius 1 is 1.15 bits per heavy atom. The zero-order valence-corrected chi connectivity index (χ0v) is 13.3. The number of carbonyl (C=O) groups is 1. The molecule has 2 rings (SSSR count). The molecule has 2 heteroatoms. The van der Waals surface area contributed by atoms with Gasteiger partial charge in [-0.3, -0.25) is 4.79 Å². The first kappa shape index (κ1) is 15.2. The van der Waals surface area contributed by atoms with E-state index in [2.05, 4.69) is 44.7 Å². The van der Waals surface area contributed by atoms with Crippen LogP contribution in [-0.4, -0.2) is 30.3 Å². The van der Waals surface area contributed by atoms with Crippen LogP contribution < -0.4 is 0 Å². The van der Waals surface area contributed by atoms with E-state index < -0.39 is 0 Å². The molecule has 1 aliphatic heterocycles. The maximum Gasteiger partial charge on any atom is 0.166 e. The van der Waals surface area contributed by atoms with Crippen molar-refractivity contribution in [1.29, 1.82) is 0 Å². The van der Waals surface area contributed by atoms with Gasteiger partial charge in [0, 0.05) is 18.0 Å². The molecule has 1 unspecified atom stereocenters. The summed E-state index contributed by atoms with van der Waals surface area (Å²) in [5.41, 5.74) is 2.27. The average molecular weight is 273 g/mol. The van der Waals surface area contributed by atoms with Crippen molar-refractivity contribution in [3.05, 3.63) is 35.4 Å². The smallest absolute Gasteiger partial charge is 0.166 e. The molecule has 0 amide bonds.